The average molecular weight is 413 g/mol. The number of aromatic nitrogens is 3. The summed E-state index contributed by atoms with van der Waals surface area (Å²) in [5.74, 6) is -0.988. The van der Waals surface area contributed by atoms with Crippen LogP contribution in [0.3, 0.4) is 0 Å². The first kappa shape index (κ1) is 18.3. The summed E-state index contributed by atoms with van der Waals surface area (Å²) in [5, 5.41) is 3.52. The van der Waals surface area contributed by atoms with Crippen molar-refractivity contribution in [1.29, 1.82) is 0 Å². The van der Waals surface area contributed by atoms with Crippen LogP contribution < -0.4 is 16.6 Å². The second kappa shape index (κ2) is 6.80. The Kier molecular flexibility index (Phi) is 4.44. The molecule has 10 heteroatoms. The van der Waals surface area contributed by atoms with Gasteiger partial charge in [0.05, 0.1) is 26.8 Å². The summed E-state index contributed by atoms with van der Waals surface area (Å²) in [5.41, 5.74) is 6.25. The van der Waals surface area contributed by atoms with Crippen LogP contribution in [0.25, 0.3) is 20.4 Å². The molecule has 142 valence electrons. The fourth-order valence-corrected chi connectivity index (χ4v) is 4.77. The van der Waals surface area contributed by atoms with Gasteiger partial charge in [0.2, 0.25) is 5.91 Å². The molecule has 0 fully saturated rings. The lowest BCUT2D eigenvalue weighted by Gasteiger charge is -2.13. The van der Waals surface area contributed by atoms with Crippen molar-refractivity contribution in [3.63, 3.8) is 0 Å². The van der Waals surface area contributed by atoms with Crippen LogP contribution in [0, 0.1) is 6.92 Å². The number of nitrogens with one attached hydrogen (secondary N) is 1. The van der Waals surface area contributed by atoms with E-state index in [1.54, 1.807) is 13.8 Å². The van der Waals surface area contributed by atoms with Crippen LogP contribution in [-0.2, 0) is 4.79 Å². The van der Waals surface area contributed by atoms with E-state index in [4.69, 9.17) is 5.73 Å². The van der Waals surface area contributed by atoms with Crippen molar-refractivity contribution in [1.82, 2.24) is 14.5 Å². The molecule has 0 aliphatic heterocycles. The standard InChI is InChI=1S/C18H15N5O3S2/c1-8-12-16(28-13(8)14(19)24)20-7-23(17(12)26)9(2)15(25)22-18-21-10-5-3-4-6-11(10)27-18/h3-7,9H,1-2H3,(H2,19,24)(H,21,22,25). The maximum absolute atomic E-state index is 12.9. The predicted molar refractivity (Wildman–Crippen MR) is 110 cm³/mol. The van der Waals surface area contributed by atoms with Crippen LogP contribution in [0.15, 0.2) is 35.4 Å². The highest BCUT2D eigenvalue weighted by Gasteiger charge is 2.22. The molecule has 1 aromatic carbocycles. The van der Waals surface area contributed by atoms with Crippen LogP contribution >= 0.6 is 22.7 Å². The van der Waals surface area contributed by atoms with Gasteiger partial charge in [-0.2, -0.15) is 0 Å². The van der Waals surface area contributed by atoms with Crippen molar-refractivity contribution in [2.24, 2.45) is 5.73 Å². The SMILES string of the molecule is Cc1c(C(N)=O)sc2ncn(C(C)C(=O)Nc3nc4ccccc4s3)c(=O)c12. The van der Waals surface area contributed by atoms with E-state index in [2.05, 4.69) is 15.3 Å². The van der Waals surface area contributed by atoms with Gasteiger partial charge in [-0.1, -0.05) is 23.5 Å². The molecular weight excluding hydrogens is 398 g/mol. The topological polar surface area (TPSA) is 120 Å². The van der Waals surface area contributed by atoms with Crippen molar-refractivity contribution < 1.29 is 9.59 Å². The predicted octanol–water partition coefficient (Wildman–Crippen LogP) is 2.67. The summed E-state index contributed by atoms with van der Waals surface area (Å²) in [4.78, 5) is 46.4. The number of rotatable bonds is 4. The zero-order valence-corrected chi connectivity index (χ0v) is 16.6. The number of carbonyl (C=O) groups is 2. The van der Waals surface area contributed by atoms with Crippen molar-refractivity contribution >= 4 is 60.1 Å². The molecule has 3 N–H and O–H groups in total. The smallest absolute Gasteiger partial charge is 0.263 e. The number of hydrogen-bond acceptors (Lipinski definition) is 7. The van der Waals surface area contributed by atoms with Crippen molar-refractivity contribution in [3.8, 4) is 0 Å². The largest absolute Gasteiger partial charge is 0.365 e. The molecule has 28 heavy (non-hydrogen) atoms. The molecule has 8 nitrogen and oxygen atoms in total. The molecule has 3 heterocycles. The first-order chi connectivity index (χ1) is 13.4. The molecule has 0 radical (unpaired) electrons. The minimum Gasteiger partial charge on any atom is -0.365 e. The highest BCUT2D eigenvalue weighted by Crippen LogP contribution is 2.28. The minimum atomic E-state index is -0.812. The van der Waals surface area contributed by atoms with Gasteiger partial charge in [-0.15, -0.1) is 11.3 Å². The molecule has 0 saturated carbocycles. The van der Waals surface area contributed by atoms with Crippen molar-refractivity contribution in [2.45, 2.75) is 19.9 Å². The average Bonchev–Trinajstić information content (AvgIpc) is 3.22. The molecule has 1 atom stereocenters. The number of fused-ring (bicyclic) bond motifs is 2. The molecule has 4 rings (SSSR count). The first-order valence-corrected chi connectivity index (χ1v) is 9.96. The summed E-state index contributed by atoms with van der Waals surface area (Å²) in [7, 11) is 0. The Morgan fingerprint density at radius 1 is 1.25 bits per heavy atom. The number of nitrogens with zero attached hydrogens (tertiary/aromatic N) is 3. The highest BCUT2D eigenvalue weighted by atomic mass is 32.1. The Hall–Kier alpha value is -3.11. The summed E-state index contributed by atoms with van der Waals surface area (Å²) in [6.07, 6.45) is 1.31. The van der Waals surface area contributed by atoms with Gasteiger partial charge in [0, 0.05) is 0 Å². The lowest BCUT2D eigenvalue weighted by molar-refractivity contribution is -0.118. The Labute approximate surface area is 166 Å². The Bertz CT molecular complexity index is 1270. The van der Waals surface area contributed by atoms with E-state index in [1.165, 1.54) is 22.2 Å². The molecule has 0 aliphatic carbocycles. The van der Waals surface area contributed by atoms with Crippen molar-refractivity contribution in [2.75, 3.05) is 5.32 Å². The molecular formula is C18H15N5O3S2. The fraction of sp³-hybridized carbons (Fsp3) is 0.167. The van der Waals surface area contributed by atoms with Crippen molar-refractivity contribution in [3.05, 3.63) is 51.4 Å². The molecule has 0 spiro atoms. The van der Waals surface area contributed by atoms with Gasteiger partial charge < -0.3 is 11.1 Å². The van der Waals surface area contributed by atoms with Crippen LogP contribution in [0.4, 0.5) is 5.13 Å². The molecule has 4 aromatic rings. The number of aryl methyl sites for hydroxylation is 1. The van der Waals surface area contributed by atoms with Gasteiger partial charge in [0.25, 0.3) is 11.5 Å². The molecule has 1 unspecified atom stereocenters. The summed E-state index contributed by atoms with van der Waals surface area (Å²) >= 11 is 2.43. The van der Waals surface area contributed by atoms with Gasteiger partial charge in [-0.3, -0.25) is 19.0 Å². The third-order valence-electron chi connectivity index (χ3n) is 4.42. The number of nitrogens with two attached hydrogens (primary N) is 1. The maximum Gasteiger partial charge on any atom is 0.263 e. The number of amides is 2. The third kappa shape index (κ3) is 2.96. The number of anilines is 1. The number of para-hydroxylation sites is 1. The minimum absolute atomic E-state index is 0.295. The quantitative estimate of drug-likeness (QED) is 0.533. The zero-order valence-electron chi connectivity index (χ0n) is 14.9. The van der Waals surface area contributed by atoms with E-state index in [9.17, 15) is 14.4 Å². The molecule has 0 saturated heterocycles. The lowest BCUT2D eigenvalue weighted by Crippen LogP contribution is -2.31. The van der Waals surface area contributed by atoms with E-state index in [0.717, 1.165) is 21.6 Å². The Morgan fingerprint density at radius 3 is 2.71 bits per heavy atom. The van der Waals surface area contributed by atoms with Crippen LogP contribution in [0.2, 0.25) is 0 Å². The van der Waals surface area contributed by atoms with Crippen LogP contribution in [0.1, 0.15) is 28.2 Å². The summed E-state index contributed by atoms with van der Waals surface area (Å²) in [6, 6.07) is 6.75. The second-order valence-electron chi connectivity index (χ2n) is 6.21. The Morgan fingerprint density at radius 2 is 2.00 bits per heavy atom. The van der Waals surface area contributed by atoms with Gasteiger partial charge in [0.1, 0.15) is 10.9 Å². The number of primary amides is 1. The number of thiazole rings is 1. The number of carbonyl (C=O) groups excluding carboxylic acids is 2. The maximum atomic E-state index is 12.9. The first-order valence-electron chi connectivity index (χ1n) is 8.33. The fourth-order valence-electron chi connectivity index (χ4n) is 2.91. The van der Waals surface area contributed by atoms with Crippen LogP contribution in [0.5, 0.6) is 0 Å². The third-order valence-corrected chi connectivity index (χ3v) is 6.59. The zero-order chi connectivity index (χ0) is 20.0. The van der Waals surface area contributed by atoms with E-state index >= 15 is 0 Å². The van der Waals surface area contributed by atoms with Gasteiger partial charge in [-0.25, -0.2) is 9.97 Å². The monoisotopic (exact) mass is 413 g/mol. The second-order valence-corrected chi connectivity index (χ2v) is 8.24. The molecule has 2 amide bonds. The van der Waals surface area contributed by atoms with Gasteiger partial charge >= 0.3 is 0 Å². The van der Waals surface area contributed by atoms with E-state index in [1.807, 2.05) is 24.3 Å². The summed E-state index contributed by atoms with van der Waals surface area (Å²) < 4.78 is 2.20. The normalized spacial score (nSPS) is 12.4. The summed E-state index contributed by atoms with van der Waals surface area (Å²) in [6.45, 7) is 3.26. The van der Waals surface area contributed by atoms with Crippen LogP contribution in [-0.4, -0.2) is 26.3 Å². The van der Waals surface area contributed by atoms with E-state index in [-0.39, 0.29) is 5.91 Å². The Balaban J connectivity index is 1.67. The molecule has 3 aromatic heterocycles. The highest BCUT2D eigenvalue weighted by molar-refractivity contribution is 7.22. The number of hydrogen-bond donors (Lipinski definition) is 2. The molecule has 0 bridgehead atoms. The number of benzene rings is 1. The van der Waals surface area contributed by atoms with E-state index in [0.29, 0.717) is 25.8 Å². The van der Waals surface area contributed by atoms with E-state index < -0.39 is 17.5 Å². The molecule has 0 aliphatic rings. The lowest BCUT2D eigenvalue weighted by atomic mass is 10.2. The van der Waals surface area contributed by atoms with Gasteiger partial charge in [0.15, 0.2) is 5.13 Å². The van der Waals surface area contributed by atoms with Gasteiger partial charge in [-0.05, 0) is 31.5 Å². The number of thiophene rings is 1.